The number of H-pyrrole nitrogens is 1. The molecule has 5 aromatic rings. The molecule has 2 aromatic heterocycles. The Morgan fingerprint density at radius 2 is 1.59 bits per heavy atom. The molecule has 0 fully saturated rings. The first-order chi connectivity index (χ1) is 14.3. The van der Waals surface area contributed by atoms with Crippen LogP contribution in [0.5, 0.6) is 0 Å². The highest BCUT2D eigenvalue weighted by Crippen LogP contribution is 2.39. The Bertz CT molecular complexity index is 1290. The van der Waals surface area contributed by atoms with Crippen molar-refractivity contribution in [2.45, 2.75) is 12.1 Å². The second-order valence-electron chi connectivity index (χ2n) is 6.97. The Morgan fingerprint density at radius 1 is 0.862 bits per heavy atom. The van der Waals surface area contributed by atoms with Crippen molar-refractivity contribution < 1.29 is 0 Å². The quantitative estimate of drug-likeness (QED) is 0.373. The van der Waals surface area contributed by atoms with Gasteiger partial charge in [-0.2, -0.15) is 0 Å². The van der Waals surface area contributed by atoms with E-state index in [9.17, 15) is 0 Å². The third-order valence-electron chi connectivity index (χ3n) is 5.07. The van der Waals surface area contributed by atoms with Gasteiger partial charge >= 0.3 is 0 Å². The zero-order valence-corrected chi connectivity index (χ0v) is 17.1. The zero-order valence-electron chi connectivity index (χ0n) is 16.3. The lowest BCUT2D eigenvalue weighted by molar-refractivity contribution is 0.888. The summed E-state index contributed by atoms with van der Waals surface area (Å²) in [5.41, 5.74) is 6.67. The fourth-order valence-electron chi connectivity index (χ4n) is 3.75. The van der Waals surface area contributed by atoms with Crippen molar-refractivity contribution in [3.8, 4) is 28.3 Å². The molecule has 0 aliphatic carbocycles. The van der Waals surface area contributed by atoms with Gasteiger partial charge in [-0.05, 0) is 43.0 Å². The van der Waals surface area contributed by atoms with Crippen LogP contribution < -0.4 is 0 Å². The molecule has 2 heterocycles. The van der Waals surface area contributed by atoms with Gasteiger partial charge in [-0.25, -0.2) is 0 Å². The number of nitrogens with one attached hydrogen (secondary N) is 1. The van der Waals surface area contributed by atoms with Crippen LogP contribution in [0.3, 0.4) is 0 Å². The molecule has 0 amide bonds. The number of thioether (sulfide) groups is 1. The summed E-state index contributed by atoms with van der Waals surface area (Å²) in [6.45, 7) is 2.12. The predicted molar refractivity (Wildman–Crippen MR) is 121 cm³/mol. The molecule has 0 bridgehead atoms. The highest BCUT2D eigenvalue weighted by molar-refractivity contribution is 7.98. The number of aryl methyl sites for hydroxylation is 1. The highest BCUT2D eigenvalue weighted by Gasteiger charge is 2.22. The lowest BCUT2D eigenvalue weighted by atomic mass is 10.0. The van der Waals surface area contributed by atoms with E-state index in [-0.39, 0.29) is 0 Å². The van der Waals surface area contributed by atoms with Gasteiger partial charge in [-0.15, -0.1) is 10.2 Å². The minimum absolute atomic E-state index is 0.813. The molecule has 5 rings (SSSR count). The van der Waals surface area contributed by atoms with E-state index in [1.54, 1.807) is 11.8 Å². The Morgan fingerprint density at radius 3 is 2.31 bits per heavy atom. The average Bonchev–Trinajstić information content (AvgIpc) is 3.35. The number of nitrogens with zero attached hydrogens (tertiary/aromatic N) is 3. The van der Waals surface area contributed by atoms with Crippen LogP contribution in [0.1, 0.15) is 5.56 Å². The van der Waals surface area contributed by atoms with Crippen LogP contribution in [0.25, 0.3) is 39.2 Å². The number of aromatic amines is 1. The zero-order chi connectivity index (χ0) is 19.8. The fourth-order valence-corrected chi connectivity index (χ4v) is 4.25. The van der Waals surface area contributed by atoms with Gasteiger partial charge in [0.25, 0.3) is 0 Å². The molecule has 0 spiro atoms. The molecule has 0 saturated carbocycles. The molecule has 3 aromatic carbocycles. The van der Waals surface area contributed by atoms with Crippen molar-refractivity contribution in [3.05, 3.63) is 84.4 Å². The SMILES string of the molecule is CSc1nnc(-c2[nH]c3ccc(C)cc3c2-c2ccccc2)n1-c1ccccc1. The first-order valence-corrected chi connectivity index (χ1v) is 10.7. The van der Waals surface area contributed by atoms with Gasteiger partial charge in [0, 0.05) is 22.2 Å². The van der Waals surface area contributed by atoms with Gasteiger partial charge in [0.15, 0.2) is 11.0 Å². The second kappa shape index (κ2) is 7.26. The summed E-state index contributed by atoms with van der Waals surface area (Å²) in [5.74, 6) is 0.813. The van der Waals surface area contributed by atoms with Crippen LogP contribution in [0, 0.1) is 6.92 Å². The van der Waals surface area contributed by atoms with Crippen LogP contribution in [0.2, 0.25) is 0 Å². The molecule has 142 valence electrons. The molecule has 0 aliphatic heterocycles. The summed E-state index contributed by atoms with van der Waals surface area (Å²) >= 11 is 1.59. The van der Waals surface area contributed by atoms with Crippen molar-refractivity contribution >= 4 is 22.7 Å². The van der Waals surface area contributed by atoms with Gasteiger partial charge in [-0.1, -0.05) is 71.9 Å². The van der Waals surface area contributed by atoms with Crippen LogP contribution >= 0.6 is 11.8 Å². The van der Waals surface area contributed by atoms with Crippen LogP contribution in [0.15, 0.2) is 84.0 Å². The maximum Gasteiger partial charge on any atom is 0.195 e. The molecule has 0 atom stereocenters. The van der Waals surface area contributed by atoms with Gasteiger partial charge in [0.1, 0.15) is 0 Å². The number of fused-ring (bicyclic) bond motifs is 1. The van der Waals surface area contributed by atoms with Gasteiger partial charge in [0.2, 0.25) is 0 Å². The first-order valence-electron chi connectivity index (χ1n) is 9.49. The summed E-state index contributed by atoms with van der Waals surface area (Å²) in [6, 6.07) is 27.2. The van der Waals surface area contributed by atoms with E-state index in [1.165, 1.54) is 10.9 Å². The summed E-state index contributed by atoms with van der Waals surface area (Å²) in [5, 5.41) is 11.1. The molecule has 0 aliphatic rings. The van der Waals surface area contributed by atoms with Crippen molar-refractivity contribution in [3.63, 3.8) is 0 Å². The number of hydrogen-bond acceptors (Lipinski definition) is 3. The van der Waals surface area contributed by atoms with E-state index in [1.807, 2.05) is 30.5 Å². The van der Waals surface area contributed by atoms with Crippen molar-refractivity contribution in [1.82, 2.24) is 19.7 Å². The number of rotatable bonds is 4. The smallest absolute Gasteiger partial charge is 0.195 e. The van der Waals surface area contributed by atoms with Gasteiger partial charge in [0.05, 0.1) is 5.69 Å². The average molecular weight is 397 g/mol. The number of aromatic nitrogens is 4. The minimum Gasteiger partial charge on any atom is -0.351 e. The standard InChI is InChI=1S/C24H20N4S/c1-16-13-14-20-19(15-16)21(17-9-5-3-6-10-17)22(25-20)23-26-27-24(29-2)28(23)18-11-7-4-8-12-18/h3-15,25H,1-2H3. The Labute approximate surface area is 173 Å². The predicted octanol–water partition coefficient (Wildman–Crippen LogP) is 6.11. The second-order valence-corrected chi connectivity index (χ2v) is 7.74. The lowest BCUT2D eigenvalue weighted by Crippen LogP contribution is -2.00. The normalized spacial score (nSPS) is 11.2. The molecule has 29 heavy (non-hydrogen) atoms. The third-order valence-corrected chi connectivity index (χ3v) is 5.70. The number of para-hydroxylation sites is 1. The van der Waals surface area contributed by atoms with Crippen LogP contribution in [-0.4, -0.2) is 26.0 Å². The molecule has 0 radical (unpaired) electrons. The minimum atomic E-state index is 0.813. The van der Waals surface area contributed by atoms with Crippen molar-refractivity contribution in [2.24, 2.45) is 0 Å². The molecular formula is C24H20N4S. The van der Waals surface area contributed by atoms with Crippen LogP contribution in [-0.2, 0) is 0 Å². The highest BCUT2D eigenvalue weighted by atomic mass is 32.2. The molecule has 0 unspecified atom stereocenters. The summed E-state index contributed by atoms with van der Waals surface area (Å²) in [6.07, 6.45) is 2.03. The van der Waals surface area contributed by atoms with E-state index in [0.717, 1.165) is 39.0 Å². The van der Waals surface area contributed by atoms with E-state index in [0.29, 0.717) is 0 Å². The first kappa shape index (κ1) is 17.8. The summed E-state index contributed by atoms with van der Waals surface area (Å²) in [7, 11) is 0. The molecule has 5 heteroatoms. The van der Waals surface area contributed by atoms with E-state index < -0.39 is 0 Å². The molecule has 0 saturated heterocycles. The number of benzene rings is 3. The Hall–Kier alpha value is -3.31. The van der Waals surface area contributed by atoms with Crippen molar-refractivity contribution in [2.75, 3.05) is 6.26 Å². The van der Waals surface area contributed by atoms with Gasteiger partial charge in [-0.3, -0.25) is 4.57 Å². The topological polar surface area (TPSA) is 46.5 Å². The van der Waals surface area contributed by atoms with Crippen LogP contribution in [0.4, 0.5) is 0 Å². The van der Waals surface area contributed by atoms with Gasteiger partial charge < -0.3 is 4.98 Å². The number of hydrogen-bond donors (Lipinski definition) is 1. The fraction of sp³-hybridized carbons (Fsp3) is 0.0833. The maximum atomic E-state index is 4.60. The largest absolute Gasteiger partial charge is 0.351 e. The Balaban J connectivity index is 1.85. The Kier molecular flexibility index (Phi) is 4.45. The third kappa shape index (κ3) is 3.04. The summed E-state index contributed by atoms with van der Waals surface area (Å²) in [4.78, 5) is 3.62. The van der Waals surface area contributed by atoms with Crippen molar-refractivity contribution in [1.29, 1.82) is 0 Å². The van der Waals surface area contributed by atoms with E-state index >= 15 is 0 Å². The monoisotopic (exact) mass is 396 g/mol. The van der Waals surface area contributed by atoms with E-state index in [2.05, 4.69) is 81.3 Å². The molecular weight excluding hydrogens is 376 g/mol. The summed E-state index contributed by atoms with van der Waals surface area (Å²) < 4.78 is 2.12. The maximum absolute atomic E-state index is 4.60. The van der Waals surface area contributed by atoms with E-state index in [4.69, 9.17) is 0 Å². The molecule has 4 nitrogen and oxygen atoms in total. The molecule has 1 N–H and O–H groups in total. The lowest BCUT2D eigenvalue weighted by Gasteiger charge is -2.10.